The molecular formula is C22H30N2O4S. The van der Waals surface area contributed by atoms with Crippen LogP contribution in [0.3, 0.4) is 0 Å². The monoisotopic (exact) mass is 418 g/mol. The summed E-state index contributed by atoms with van der Waals surface area (Å²) in [5, 5.41) is 3.94. The van der Waals surface area contributed by atoms with Crippen LogP contribution in [-0.4, -0.2) is 27.8 Å². The summed E-state index contributed by atoms with van der Waals surface area (Å²) in [6.07, 6.45) is 1.42. The van der Waals surface area contributed by atoms with Gasteiger partial charge in [0.05, 0.1) is 24.3 Å². The Labute approximate surface area is 174 Å². The van der Waals surface area contributed by atoms with Crippen molar-refractivity contribution in [2.75, 3.05) is 7.11 Å². The van der Waals surface area contributed by atoms with E-state index in [9.17, 15) is 8.42 Å². The van der Waals surface area contributed by atoms with E-state index in [1.165, 1.54) is 6.21 Å². The molecule has 0 unspecified atom stereocenters. The van der Waals surface area contributed by atoms with Gasteiger partial charge in [0.1, 0.15) is 0 Å². The molecule has 2 aromatic rings. The highest BCUT2D eigenvalue weighted by molar-refractivity contribution is 7.89. The number of aryl methyl sites for hydroxylation is 1. The Hall–Kier alpha value is -2.54. The van der Waals surface area contributed by atoms with Crippen molar-refractivity contribution >= 4 is 16.2 Å². The Bertz CT molecular complexity index is 990. The van der Waals surface area contributed by atoms with Crippen LogP contribution in [0.1, 0.15) is 51.3 Å². The van der Waals surface area contributed by atoms with Crippen LogP contribution < -0.4 is 14.3 Å². The fourth-order valence-corrected chi connectivity index (χ4v) is 3.76. The largest absolute Gasteiger partial charge is 0.493 e. The molecule has 1 N–H and O–H groups in total. The van der Waals surface area contributed by atoms with Gasteiger partial charge in [-0.1, -0.05) is 32.9 Å². The summed E-state index contributed by atoms with van der Waals surface area (Å²) in [5.74, 6) is 1.18. The number of benzene rings is 2. The van der Waals surface area contributed by atoms with Crippen molar-refractivity contribution in [1.82, 2.24) is 4.83 Å². The Morgan fingerprint density at radius 2 is 1.76 bits per heavy atom. The van der Waals surface area contributed by atoms with Gasteiger partial charge in [0.25, 0.3) is 10.0 Å². The van der Waals surface area contributed by atoms with Gasteiger partial charge in [-0.3, -0.25) is 0 Å². The first-order valence-corrected chi connectivity index (χ1v) is 10.9. The number of hydrazone groups is 1. The molecule has 0 aromatic heterocycles. The normalized spacial score (nSPS) is 12.4. The predicted molar refractivity (Wildman–Crippen MR) is 117 cm³/mol. The number of methoxy groups -OCH3 is 1. The van der Waals surface area contributed by atoms with E-state index in [-0.39, 0.29) is 16.4 Å². The Balaban J connectivity index is 2.26. The number of hydrogen-bond acceptors (Lipinski definition) is 5. The molecule has 6 nitrogen and oxygen atoms in total. The lowest BCUT2D eigenvalue weighted by atomic mass is 9.87. The van der Waals surface area contributed by atoms with Gasteiger partial charge in [0.15, 0.2) is 11.5 Å². The van der Waals surface area contributed by atoms with E-state index in [2.05, 4.69) is 9.93 Å². The second-order valence-electron chi connectivity index (χ2n) is 8.16. The highest BCUT2D eigenvalue weighted by atomic mass is 32.2. The molecule has 0 aliphatic heterocycles. The van der Waals surface area contributed by atoms with Gasteiger partial charge >= 0.3 is 0 Å². The topological polar surface area (TPSA) is 77.0 Å². The maximum atomic E-state index is 12.8. The predicted octanol–water partition coefficient (Wildman–Crippen LogP) is 4.40. The zero-order chi connectivity index (χ0) is 21.8. The van der Waals surface area contributed by atoms with Crippen LogP contribution in [0.2, 0.25) is 0 Å². The van der Waals surface area contributed by atoms with Gasteiger partial charge in [-0.2, -0.15) is 13.5 Å². The molecule has 29 heavy (non-hydrogen) atoms. The number of nitrogens with zero attached hydrogens (tertiary/aromatic N) is 1. The molecule has 7 heteroatoms. The molecule has 0 radical (unpaired) electrons. The lowest BCUT2D eigenvalue weighted by Crippen LogP contribution is -2.21. The number of rotatable bonds is 7. The molecule has 0 spiro atoms. The molecule has 0 fully saturated rings. The molecule has 0 aliphatic carbocycles. The van der Waals surface area contributed by atoms with Gasteiger partial charge in [0.2, 0.25) is 0 Å². The highest BCUT2D eigenvalue weighted by Gasteiger charge is 2.21. The first-order chi connectivity index (χ1) is 13.4. The fraction of sp³-hybridized carbons (Fsp3) is 0.409. The number of hydrogen-bond donors (Lipinski definition) is 1. The SMILES string of the molecule is COc1ccc(/C=N/NS(=O)(=O)c2cc(C(C)(C)C)ccc2C)cc1OC(C)C. The van der Waals surface area contributed by atoms with E-state index in [0.29, 0.717) is 22.6 Å². The van der Waals surface area contributed by atoms with Crippen molar-refractivity contribution < 1.29 is 17.9 Å². The molecular weight excluding hydrogens is 388 g/mol. The molecule has 2 aromatic carbocycles. The summed E-state index contributed by atoms with van der Waals surface area (Å²) in [4.78, 5) is 2.52. The second kappa shape index (κ2) is 8.86. The first kappa shape index (κ1) is 22.7. The molecule has 2 rings (SSSR count). The van der Waals surface area contributed by atoms with Crippen LogP contribution in [-0.2, 0) is 15.4 Å². The third kappa shape index (κ3) is 5.97. The number of ether oxygens (including phenoxy) is 2. The van der Waals surface area contributed by atoms with Crippen LogP contribution in [0, 0.1) is 6.92 Å². The molecule has 0 heterocycles. The molecule has 0 saturated carbocycles. The summed E-state index contributed by atoms with van der Waals surface area (Å²) in [7, 11) is -2.22. The quantitative estimate of drug-likeness (QED) is 0.534. The van der Waals surface area contributed by atoms with Crippen LogP contribution in [0.5, 0.6) is 11.5 Å². The molecule has 158 valence electrons. The van der Waals surface area contributed by atoms with Gasteiger partial charge < -0.3 is 9.47 Å². The smallest absolute Gasteiger partial charge is 0.276 e. The molecule has 0 saturated heterocycles. The van der Waals surface area contributed by atoms with E-state index in [1.54, 1.807) is 38.3 Å². The molecule has 0 atom stereocenters. The Kier molecular flexibility index (Phi) is 6.95. The van der Waals surface area contributed by atoms with Crippen LogP contribution in [0.4, 0.5) is 0 Å². The van der Waals surface area contributed by atoms with Crippen molar-refractivity contribution in [2.24, 2.45) is 5.10 Å². The van der Waals surface area contributed by atoms with Crippen molar-refractivity contribution in [3.05, 3.63) is 53.1 Å². The van der Waals surface area contributed by atoms with Gasteiger partial charge in [0, 0.05) is 0 Å². The zero-order valence-electron chi connectivity index (χ0n) is 18.1. The summed E-state index contributed by atoms with van der Waals surface area (Å²) in [5.41, 5.74) is 2.14. The zero-order valence-corrected chi connectivity index (χ0v) is 18.9. The van der Waals surface area contributed by atoms with Crippen molar-refractivity contribution in [2.45, 2.75) is 58.0 Å². The van der Waals surface area contributed by atoms with Crippen LogP contribution in [0.25, 0.3) is 0 Å². The third-order valence-electron chi connectivity index (χ3n) is 4.28. The average Bonchev–Trinajstić information content (AvgIpc) is 2.60. The second-order valence-corrected chi connectivity index (χ2v) is 9.79. The van der Waals surface area contributed by atoms with Crippen molar-refractivity contribution in [3.8, 4) is 11.5 Å². The fourth-order valence-electron chi connectivity index (χ4n) is 2.70. The Morgan fingerprint density at radius 3 is 2.34 bits per heavy atom. The van der Waals surface area contributed by atoms with Gasteiger partial charge in [-0.15, -0.1) is 0 Å². The van der Waals surface area contributed by atoms with Gasteiger partial charge in [-0.25, -0.2) is 4.83 Å². The molecule has 0 amide bonds. The summed E-state index contributed by atoms with van der Waals surface area (Å²) < 4.78 is 36.5. The highest BCUT2D eigenvalue weighted by Crippen LogP contribution is 2.29. The van der Waals surface area contributed by atoms with Crippen LogP contribution in [0.15, 0.2) is 46.4 Å². The van der Waals surface area contributed by atoms with E-state index >= 15 is 0 Å². The number of nitrogens with one attached hydrogen (secondary N) is 1. The maximum absolute atomic E-state index is 12.8. The van der Waals surface area contributed by atoms with E-state index in [1.807, 2.05) is 46.8 Å². The summed E-state index contributed by atoms with van der Waals surface area (Å²) in [6, 6.07) is 10.8. The van der Waals surface area contributed by atoms with E-state index in [0.717, 1.165) is 5.56 Å². The summed E-state index contributed by atoms with van der Waals surface area (Å²) in [6.45, 7) is 11.7. The minimum Gasteiger partial charge on any atom is -0.493 e. The lowest BCUT2D eigenvalue weighted by molar-refractivity contribution is 0.230. The first-order valence-electron chi connectivity index (χ1n) is 9.45. The molecule has 0 bridgehead atoms. The van der Waals surface area contributed by atoms with E-state index < -0.39 is 10.0 Å². The van der Waals surface area contributed by atoms with Crippen LogP contribution >= 0.6 is 0 Å². The Morgan fingerprint density at radius 1 is 1.07 bits per heavy atom. The minimum atomic E-state index is -3.79. The van der Waals surface area contributed by atoms with E-state index in [4.69, 9.17) is 9.47 Å². The minimum absolute atomic E-state index is 0.0207. The molecule has 0 aliphatic rings. The van der Waals surface area contributed by atoms with Crippen molar-refractivity contribution in [3.63, 3.8) is 0 Å². The third-order valence-corrected chi connectivity index (χ3v) is 5.65. The average molecular weight is 419 g/mol. The standard InChI is InChI=1S/C22H30N2O4S/c1-15(2)28-20-12-17(9-11-19(20)27-7)14-23-24-29(25,26)21-13-18(22(4,5)6)10-8-16(21)3/h8-15,24H,1-7H3/b23-14+. The van der Waals surface area contributed by atoms with Gasteiger partial charge in [-0.05, 0) is 67.1 Å². The lowest BCUT2D eigenvalue weighted by Gasteiger charge is -2.20. The number of sulfonamides is 1. The maximum Gasteiger partial charge on any atom is 0.276 e. The summed E-state index contributed by atoms with van der Waals surface area (Å²) >= 11 is 0. The van der Waals surface area contributed by atoms with Crippen molar-refractivity contribution in [1.29, 1.82) is 0 Å².